The summed E-state index contributed by atoms with van der Waals surface area (Å²) in [5.41, 5.74) is 8.24. The Morgan fingerprint density at radius 3 is 2.67 bits per heavy atom. The molecule has 1 aromatic carbocycles. The van der Waals surface area contributed by atoms with E-state index >= 15 is 0 Å². The molecule has 0 aliphatic rings. The normalized spacial score (nSPS) is 13.8. The first-order valence-electron chi connectivity index (χ1n) is 7.81. The van der Waals surface area contributed by atoms with Gasteiger partial charge in [-0.3, -0.25) is 4.99 Å². The van der Waals surface area contributed by atoms with E-state index in [0.29, 0.717) is 24.5 Å². The second kappa shape index (κ2) is 8.67. The number of nitrogens with two attached hydrogens (primary N) is 1. The maximum absolute atomic E-state index is 5.95. The van der Waals surface area contributed by atoms with Crippen molar-refractivity contribution in [3.05, 3.63) is 29.8 Å². The van der Waals surface area contributed by atoms with Crippen molar-refractivity contribution in [2.24, 2.45) is 10.7 Å². The molecule has 1 unspecified atom stereocenters. The SMILES string of the molecule is CCC(C)N(C)CCN=C(N)Nc1cccc(C(C)C)c1. The minimum absolute atomic E-state index is 0.480. The van der Waals surface area contributed by atoms with Crippen LogP contribution in [0.1, 0.15) is 45.6 Å². The third-order valence-electron chi connectivity index (χ3n) is 3.90. The van der Waals surface area contributed by atoms with Crippen LogP contribution in [0.4, 0.5) is 5.69 Å². The quantitative estimate of drug-likeness (QED) is 0.598. The van der Waals surface area contributed by atoms with Crippen LogP contribution in [0.15, 0.2) is 29.3 Å². The average Bonchev–Trinajstić information content (AvgIpc) is 2.46. The van der Waals surface area contributed by atoms with Gasteiger partial charge in [-0.05, 0) is 44.0 Å². The lowest BCUT2D eigenvalue weighted by Crippen LogP contribution is -2.31. The van der Waals surface area contributed by atoms with Crippen molar-refractivity contribution >= 4 is 11.6 Å². The standard InChI is InChI=1S/C17H30N4/c1-6-14(4)21(5)11-10-19-17(18)20-16-9-7-8-15(12-16)13(2)3/h7-9,12-14H,6,10-11H2,1-5H3,(H3,18,19,20). The number of benzene rings is 1. The summed E-state index contributed by atoms with van der Waals surface area (Å²) in [7, 11) is 2.12. The second-order valence-corrected chi connectivity index (χ2v) is 5.91. The largest absolute Gasteiger partial charge is 0.370 e. The molecule has 1 aromatic rings. The van der Waals surface area contributed by atoms with E-state index < -0.39 is 0 Å². The summed E-state index contributed by atoms with van der Waals surface area (Å²) in [6.07, 6.45) is 1.15. The van der Waals surface area contributed by atoms with E-state index in [0.717, 1.165) is 18.7 Å². The molecule has 0 saturated carbocycles. The Labute approximate surface area is 129 Å². The van der Waals surface area contributed by atoms with Gasteiger partial charge in [0.25, 0.3) is 0 Å². The van der Waals surface area contributed by atoms with Crippen molar-refractivity contribution in [2.45, 2.75) is 46.1 Å². The Bertz CT molecular complexity index is 454. The van der Waals surface area contributed by atoms with Gasteiger partial charge in [-0.1, -0.05) is 32.9 Å². The van der Waals surface area contributed by atoms with Gasteiger partial charge in [-0.25, -0.2) is 0 Å². The molecular formula is C17H30N4. The highest BCUT2D eigenvalue weighted by Crippen LogP contribution is 2.18. The Morgan fingerprint density at radius 1 is 1.33 bits per heavy atom. The summed E-state index contributed by atoms with van der Waals surface area (Å²) in [4.78, 5) is 6.69. The third-order valence-corrected chi connectivity index (χ3v) is 3.90. The summed E-state index contributed by atoms with van der Waals surface area (Å²) >= 11 is 0. The summed E-state index contributed by atoms with van der Waals surface area (Å²) in [6, 6.07) is 8.89. The van der Waals surface area contributed by atoms with Crippen molar-refractivity contribution in [2.75, 3.05) is 25.5 Å². The van der Waals surface area contributed by atoms with Gasteiger partial charge < -0.3 is 16.0 Å². The van der Waals surface area contributed by atoms with Gasteiger partial charge in [0.15, 0.2) is 5.96 Å². The fourth-order valence-electron chi connectivity index (χ4n) is 2.02. The average molecular weight is 290 g/mol. The van der Waals surface area contributed by atoms with Crippen LogP contribution in [0.5, 0.6) is 0 Å². The number of nitrogens with one attached hydrogen (secondary N) is 1. The van der Waals surface area contributed by atoms with Crippen molar-refractivity contribution in [3.8, 4) is 0 Å². The first-order chi connectivity index (χ1) is 9.93. The molecule has 0 amide bonds. The molecule has 0 aliphatic heterocycles. The highest BCUT2D eigenvalue weighted by molar-refractivity contribution is 5.92. The molecule has 0 saturated heterocycles. The number of hydrogen-bond donors (Lipinski definition) is 2. The molecule has 4 heteroatoms. The van der Waals surface area contributed by atoms with E-state index in [2.05, 4.69) is 62.1 Å². The van der Waals surface area contributed by atoms with Crippen LogP contribution in [0.3, 0.4) is 0 Å². The van der Waals surface area contributed by atoms with Crippen molar-refractivity contribution < 1.29 is 0 Å². The van der Waals surface area contributed by atoms with Crippen LogP contribution in [0, 0.1) is 0 Å². The third kappa shape index (κ3) is 6.17. The van der Waals surface area contributed by atoms with Crippen molar-refractivity contribution in [1.82, 2.24) is 4.90 Å². The number of hydrogen-bond acceptors (Lipinski definition) is 2. The monoisotopic (exact) mass is 290 g/mol. The van der Waals surface area contributed by atoms with Crippen LogP contribution >= 0.6 is 0 Å². The van der Waals surface area contributed by atoms with Gasteiger partial charge in [0.2, 0.25) is 0 Å². The minimum atomic E-state index is 0.480. The Balaban J connectivity index is 2.50. The molecule has 3 N–H and O–H groups in total. The number of aliphatic imine (C=N–C) groups is 1. The van der Waals surface area contributed by atoms with Gasteiger partial charge in [0, 0.05) is 18.3 Å². The number of anilines is 1. The number of nitrogens with zero attached hydrogens (tertiary/aromatic N) is 2. The molecule has 0 aliphatic carbocycles. The molecular weight excluding hydrogens is 260 g/mol. The van der Waals surface area contributed by atoms with Crippen LogP contribution in [0.2, 0.25) is 0 Å². The van der Waals surface area contributed by atoms with Crippen LogP contribution in [-0.2, 0) is 0 Å². The van der Waals surface area contributed by atoms with Gasteiger partial charge in [0.1, 0.15) is 0 Å². The van der Waals surface area contributed by atoms with Crippen molar-refractivity contribution in [3.63, 3.8) is 0 Å². The maximum atomic E-state index is 5.95. The predicted molar refractivity (Wildman–Crippen MR) is 93.0 cm³/mol. The number of likely N-dealkylation sites (N-methyl/N-ethyl adjacent to an activating group) is 1. The van der Waals surface area contributed by atoms with Crippen LogP contribution < -0.4 is 11.1 Å². The fourth-order valence-corrected chi connectivity index (χ4v) is 2.02. The topological polar surface area (TPSA) is 53.6 Å². The molecule has 1 rings (SSSR count). The van der Waals surface area contributed by atoms with Gasteiger partial charge >= 0.3 is 0 Å². The zero-order chi connectivity index (χ0) is 15.8. The molecule has 0 bridgehead atoms. The molecule has 4 nitrogen and oxygen atoms in total. The lowest BCUT2D eigenvalue weighted by atomic mass is 10.0. The summed E-state index contributed by atoms with van der Waals surface area (Å²) in [5, 5.41) is 3.16. The zero-order valence-electron chi connectivity index (χ0n) is 14.1. The molecule has 1 atom stereocenters. The van der Waals surface area contributed by atoms with E-state index in [1.807, 2.05) is 12.1 Å². The van der Waals surface area contributed by atoms with Crippen molar-refractivity contribution in [1.29, 1.82) is 0 Å². The van der Waals surface area contributed by atoms with E-state index in [-0.39, 0.29) is 0 Å². The second-order valence-electron chi connectivity index (χ2n) is 5.91. The van der Waals surface area contributed by atoms with Gasteiger partial charge in [-0.15, -0.1) is 0 Å². The summed E-state index contributed by atoms with van der Waals surface area (Å²) in [5.74, 6) is 0.988. The van der Waals surface area contributed by atoms with E-state index in [1.54, 1.807) is 0 Å². The molecule has 21 heavy (non-hydrogen) atoms. The van der Waals surface area contributed by atoms with E-state index in [4.69, 9.17) is 5.73 Å². The predicted octanol–water partition coefficient (Wildman–Crippen LogP) is 3.27. The van der Waals surface area contributed by atoms with E-state index in [9.17, 15) is 0 Å². The minimum Gasteiger partial charge on any atom is -0.370 e. The lowest BCUT2D eigenvalue weighted by molar-refractivity contribution is 0.259. The molecule has 0 fully saturated rings. The van der Waals surface area contributed by atoms with Gasteiger partial charge in [-0.2, -0.15) is 0 Å². The summed E-state index contributed by atoms with van der Waals surface area (Å²) < 4.78 is 0. The van der Waals surface area contributed by atoms with Crippen LogP contribution in [0.25, 0.3) is 0 Å². The molecule has 0 radical (unpaired) electrons. The lowest BCUT2D eigenvalue weighted by Gasteiger charge is -2.22. The zero-order valence-corrected chi connectivity index (χ0v) is 14.1. The fraction of sp³-hybridized carbons (Fsp3) is 0.588. The van der Waals surface area contributed by atoms with E-state index in [1.165, 1.54) is 5.56 Å². The maximum Gasteiger partial charge on any atom is 0.193 e. The Hall–Kier alpha value is -1.55. The number of guanidine groups is 1. The van der Waals surface area contributed by atoms with Crippen LogP contribution in [-0.4, -0.2) is 37.0 Å². The smallest absolute Gasteiger partial charge is 0.193 e. The highest BCUT2D eigenvalue weighted by atomic mass is 15.1. The number of rotatable bonds is 7. The Kier molecular flexibility index (Phi) is 7.23. The first-order valence-corrected chi connectivity index (χ1v) is 7.81. The molecule has 0 spiro atoms. The molecule has 118 valence electrons. The molecule has 0 heterocycles. The highest BCUT2D eigenvalue weighted by Gasteiger charge is 2.05. The first kappa shape index (κ1) is 17.5. The van der Waals surface area contributed by atoms with Gasteiger partial charge in [0.05, 0.1) is 6.54 Å². The Morgan fingerprint density at radius 2 is 2.05 bits per heavy atom. The summed E-state index contributed by atoms with van der Waals surface area (Å²) in [6.45, 7) is 10.4. The molecule has 0 aromatic heterocycles.